The van der Waals surface area contributed by atoms with Gasteiger partial charge in [0.15, 0.2) is 11.6 Å². The summed E-state index contributed by atoms with van der Waals surface area (Å²) in [5, 5.41) is 26.8. The van der Waals surface area contributed by atoms with Crippen molar-refractivity contribution >= 4 is 35.1 Å². The molecule has 0 bridgehead atoms. The smallest absolute Gasteiger partial charge is 0.185 e. The number of carbonyl (C=O) groups is 2. The number of nitrogens with one attached hydrogen (secondary N) is 2. The van der Waals surface area contributed by atoms with Gasteiger partial charge in [-0.1, -0.05) is 41.5 Å². The molecule has 0 radical (unpaired) electrons. The van der Waals surface area contributed by atoms with Crippen LogP contribution in [-0.4, -0.2) is 49.1 Å². The number of anilines is 2. The van der Waals surface area contributed by atoms with Crippen molar-refractivity contribution in [3.8, 4) is 23.0 Å². The molecule has 4 N–H and O–H groups in total. The van der Waals surface area contributed by atoms with Crippen LogP contribution in [0.2, 0.25) is 0 Å². The fraction of sp³-hybridized carbons (Fsp3) is 0.333. The topological polar surface area (TPSA) is 117 Å². The number of hydrogen-bond donors (Lipinski definition) is 4. The third kappa shape index (κ3) is 11.5. The first-order chi connectivity index (χ1) is 25.1. The second-order valence-electron chi connectivity index (χ2n) is 14.2. The quantitative estimate of drug-likeness (QED) is 0.0751. The van der Waals surface area contributed by atoms with Gasteiger partial charge in [-0.05, 0) is 116 Å². The third-order valence-electron chi connectivity index (χ3n) is 9.02. The van der Waals surface area contributed by atoms with Crippen molar-refractivity contribution < 1.29 is 29.3 Å². The zero-order valence-electron chi connectivity index (χ0n) is 32.9. The summed E-state index contributed by atoms with van der Waals surface area (Å²) in [7, 11) is 3.68. The minimum Gasteiger partial charge on any atom is -0.508 e. The van der Waals surface area contributed by atoms with Gasteiger partial charge in [-0.25, -0.2) is 0 Å². The molecular weight excluding hydrogens is 665 g/mol. The molecule has 53 heavy (non-hydrogen) atoms. The highest BCUT2D eigenvalue weighted by molar-refractivity contribution is 6.07. The van der Waals surface area contributed by atoms with Crippen LogP contribution in [0.25, 0.3) is 12.2 Å². The second-order valence-corrected chi connectivity index (χ2v) is 14.2. The molecule has 4 rings (SSSR count). The van der Waals surface area contributed by atoms with Gasteiger partial charge in [0.2, 0.25) is 0 Å². The van der Waals surface area contributed by atoms with Gasteiger partial charge in [-0.15, -0.1) is 0 Å². The zero-order valence-corrected chi connectivity index (χ0v) is 32.9. The Hall–Kier alpha value is -5.50. The van der Waals surface area contributed by atoms with E-state index < -0.39 is 0 Å². The lowest BCUT2D eigenvalue weighted by atomic mass is 9.81. The molecule has 8 nitrogen and oxygen atoms in total. The Morgan fingerprint density at radius 1 is 0.623 bits per heavy atom. The summed E-state index contributed by atoms with van der Waals surface area (Å²) in [4.78, 5) is 24.9. The largest absolute Gasteiger partial charge is 0.508 e. The molecule has 0 fully saturated rings. The van der Waals surface area contributed by atoms with Gasteiger partial charge in [0.05, 0.1) is 13.2 Å². The van der Waals surface area contributed by atoms with Crippen molar-refractivity contribution in [2.45, 2.75) is 72.6 Å². The Labute approximate surface area is 315 Å². The Balaban J connectivity index is 0.000000286. The lowest BCUT2D eigenvalue weighted by Crippen LogP contribution is -2.16. The highest BCUT2D eigenvalue weighted by Gasteiger charge is 2.24. The van der Waals surface area contributed by atoms with E-state index in [1.54, 1.807) is 54.6 Å². The van der Waals surface area contributed by atoms with Crippen LogP contribution in [0.1, 0.15) is 105 Å². The molecular formula is C45H56N2O6. The maximum atomic E-state index is 12.5. The molecule has 0 spiro atoms. The molecule has 0 saturated heterocycles. The number of ketones is 2. The SMILES string of the molecule is CCOc1cc(O)c(C(C)(C)C)cc1/C=C/C(=O)c1ccc(NC)cc1.CCOc1cc(O)c(C(C)(C)CC)cc1/C=C/C(=O)c1ccc(NC)cc1. The number of carbonyl (C=O) groups excluding carboxylic acids is 2. The van der Waals surface area contributed by atoms with E-state index in [0.29, 0.717) is 35.8 Å². The molecule has 4 aromatic rings. The molecule has 0 amide bonds. The van der Waals surface area contributed by atoms with E-state index in [9.17, 15) is 19.8 Å². The number of rotatable bonds is 14. The summed E-state index contributed by atoms with van der Waals surface area (Å²) < 4.78 is 11.3. The highest BCUT2D eigenvalue weighted by Crippen LogP contribution is 2.39. The average molecular weight is 721 g/mol. The number of phenolic OH excluding ortho intramolecular Hbond substituents is 2. The van der Waals surface area contributed by atoms with Crippen LogP contribution in [0.4, 0.5) is 11.4 Å². The average Bonchev–Trinajstić information content (AvgIpc) is 3.13. The Bertz CT molecular complexity index is 1900. The van der Waals surface area contributed by atoms with Gasteiger partial charge in [-0.2, -0.15) is 0 Å². The number of benzene rings is 4. The fourth-order valence-corrected chi connectivity index (χ4v) is 5.45. The van der Waals surface area contributed by atoms with E-state index in [-0.39, 0.29) is 33.9 Å². The van der Waals surface area contributed by atoms with Crippen molar-refractivity contribution in [3.63, 3.8) is 0 Å². The third-order valence-corrected chi connectivity index (χ3v) is 9.02. The lowest BCUT2D eigenvalue weighted by molar-refractivity contribution is 0.103. The molecule has 0 aliphatic rings. The summed E-state index contributed by atoms with van der Waals surface area (Å²) in [6, 6.07) is 21.7. The first kappa shape index (κ1) is 41.9. The summed E-state index contributed by atoms with van der Waals surface area (Å²) in [6.45, 7) is 17.1. The monoisotopic (exact) mass is 720 g/mol. The maximum absolute atomic E-state index is 12.5. The summed E-state index contributed by atoms with van der Waals surface area (Å²) >= 11 is 0. The van der Waals surface area contributed by atoms with Crippen LogP contribution < -0.4 is 20.1 Å². The van der Waals surface area contributed by atoms with Gasteiger partial charge in [0.25, 0.3) is 0 Å². The zero-order chi connectivity index (χ0) is 39.3. The van der Waals surface area contributed by atoms with E-state index in [0.717, 1.165) is 40.0 Å². The molecule has 8 heteroatoms. The molecule has 0 saturated carbocycles. The van der Waals surface area contributed by atoms with Crippen LogP contribution in [0.5, 0.6) is 23.0 Å². The normalized spacial score (nSPS) is 11.6. The summed E-state index contributed by atoms with van der Waals surface area (Å²) in [5.74, 6) is 1.39. The van der Waals surface area contributed by atoms with Crippen LogP contribution in [-0.2, 0) is 10.8 Å². The Morgan fingerprint density at radius 3 is 1.34 bits per heavy atom. The van der Waals surface area contributed by atoms with Crippen LogP contribution in [0.3, 0.4) is 0 Å². The first-order valence-corrected chi connectivity index (χ1v) is 18.1. The minimum absolute atomic E-state index is 0.0792. The van der Waals surface area contributed by atoms with E-state index in [1.165, 1.54) is 6.08 Å². The van der Waals surface area contributed by atoms with Crippen molar-refractivity contribution in [2.24, 2.45) is 0 Å². The number of allylic oxidation sites excluding steroid dienone is 2. The fourth-order valence-electron chi connectivity index (χ4n) is 5.45. The highest BCUT2D eigenvalue weighted by atomic mass is 16.5. The van der Waals surface area contributed by atoms with Crippen LogP contribution in [0.15, 0.2) is 84.9 Å². The van der Waals surface area contributed by atoms with Gasteiger partial charge in [0, 0.05) is 71.0 Å². The molecule has 0 aliphatic heterocycles. The van der Waals surface area contributed by atoms with Gasteiger partial charge >= 0.3 is 0 Å². The Morgan fingerprint density at radius 2 is 1.00 bits per heavy atom. The molecule has 0 heterocycles. The standard InChI is InChI=1S/C23H29NO3.C22H27NO3/c1-6-23(3,4)19-14-17(22(27-7-2)15-21(19)26)10-13-20(25)16-8-11-18(24-5)12-9-16;1-6-26-21-14-20(25)18(22(2,3)4)13-16(21)9-12-19(24)15-7-10-17(23-5)11-8-15/h8-15,24,26H,6-7H2,1-5H3;7-14,23,25H,6H2,1-5H3/b13-10+;12-9+. The van der Waals surface area contributed by atoms with Gasteiger partial charge < -0.3 is 30.3 Å². The molecule has 0 unspecified atom stereocenters. The summed E-state index contributed by atoms with van der Waals surface area (Å²) in [5.41, 5.74) is 5.97. The molecule has 0 atom stereocenters. The summed E-state index contributed by atoms with van der Waals surface area (Å²) in [6.07, 6.45) is 7.47. The van der Waals surface area contributed by atoms with E-state index in [1.807, 2.05) is 85.1 Å². The van der Waals surface area contributed by atoms with Crippen molar-refractivity contribution in [1.29, 1.82) is 0 Å². The molecule has 0 aliphatic carbocycles. The van der Waals surface area contributed by atoms with Crippen molar-refractivity contribution in [2.75, 3.05) is 37.9 Å². The number of aromatic hydroxyl groups is 2. The second kappa shape index (κ2) is 18.8. The number of phenols is 2. The molecule has 282 valence electrons. The minimum atomic E-state index is -0.218. The van der Waals surface area contributed by atoms with Gasteiger partial charge in [-0.3, -0.25) is 9.59 Å². The molecule has 4 aromatic carbocycles. The van der Waals surface area contributed by atoms with Crippen molar-refractivity contribution in [1.82, 2.24) is 0 Å². The Kier molecular flexibility index (Phi) is 14.9. The number of ether oxygens (including phenoxy) is 2. The van der Waals surface area contributed by atoms with Crippen LogP contribution >= 0.6 is 0 Å². The predicted molar refractivity (Wildman–Crippen MR) is 219 cm³/mol. The van der Waals surface area contributed by atoms with E-state index >= 15 is 0 Å². The lowest BCUT2D eigenvalue weighted by Gasteiger charge is -2.25. The van der Waals surface area contributed by atoms with Crippen LogP contribution in [0, 0.1) is 0 Å². The van der Waals surface area contributed by atoms with Gasteiger partial charge in [0.1, 0.15) is 23.0 Å². The van der Waals surface area contributed by atoms with E-state index in [4.69, 9.17) is 9.47 Å². The van der Waals surface area contributed by atoms with Crippen molar-refractivity contribution in [3.05, 3.63) is 118 Å². The predicted octanol–water partition coefficient (Wildman–Crippen LogP) is 10.4. The first-order valence-electron chi connectivity index (χ1n) is 18.1. The van der Waals surface area contributed by atoms with E-state index in [2.05, 4.69) is 31.4 Å². The molecule has 0 aromatic heterocycles. The number of hydrogen-bond acceptors (Lipinski definition) is 8. The maximum Gasteiger partial charge on any atom is 0.185 e.